The molecule has 0 aliphatic rings. The van der Waals surface area contributed by atoms with Crippen LogP contribution in [0.4, 0.5) is 11.5 Å². The van der Waals surface area contributed by atoms with Crippen LogP contribution >= 0.6 is 0 Å². The highest BCUT2D eigenvalue weighted by Gasteiger charge is 2.16. The lowest BCUT2D eigenvalue weighted by Gasteiger charge is -2.21. The molecule has 1 amide bonds. The van der Waals surface area contributed by atoms with Gasteiger partial charge in [0.05, 0.1) is 0 Å². The predicted octanol–water partition coefficient (Wildman–Crippen LogP) is 2.72. The molecule has 2 aromatic rings. The zero-order chi connectivity index (χ0) is 16.7. The van der Waals surface area contributed by atoms with Gasteiger partial charge in [-0.15, -0.1) is 0 Å². The van der Waals surface area contributed by atoms with E-state index in [1.807, 2.05) is 57.4 Å². The molecule has 0 saturated carbocycles. The minimum absolute atomic E-state index is 0.0169. The molecule has 2 rings (SSSR count). The maximum absolute atomic E-state index is 12.8. The van der Waals surface area contributed by atoms with Crippen LogP contribution in [0.3, 0.4) is 0 Å². The first-order chi connectivity index (χ1) is 11.1. The number of benzene rings is 1. The number of likely N-dealkylation sites (N-methyl/N-ethyl adjacent to an activating group) is 1. The van der Waals surface area contributed by atoms with Gasteiger partial charge in [-0.3, -0.25) is 4.79 Å². The van der Waals surface area contributed by atoms with Crippen LogP contribution in [0.15, 0.2) is 48.7 Å². The second-order valence-electron chi connectivity index (χ2n) is 5.54. The summed E-state index contributed by atoms with van der Waals surface area (Å²) in [5.74, 6) is 0.707. The smallest absolute Gasteiger partial charge is 0.258 e. The average molecular weight is 312 g/mol. The number of aromatic nitrogens is 1. The number of rotatable bonds is 7. The van der Waals surface area contributed by atoms with Gasteiger partial charge in [0.1, 0.15) is 5.82 Å². The van der Waals surface area contributed by atoms with Gasteiger partial charge in [-0.05, 0) is 45.3 Å². The summed E-state index contributed by atoms with van der Waals surface area (Å²) in [7, 11) is 4.04. The summed E-state index contributed by atoms with van der Waals surface area (Å²) in [6.45, 7) is 4.29. The number of nitrogens with zero attached hydrogens (tertiary/aromatic N) is 3. The van der Waals surface area contributed by atoms with Crippen molar-refractivity contribution in [3.05, 3.63) is 54.2 Å². The summed E-state index contributed by atoms with van der Waals surface area (Å²) in [6, 6.07) is 13.3. The van der Waals surface area contributed by atoms with Crippen LogP contribution in [0.5, 0.6) is 0 Å². The highest BCUT2D eigenvalue weighted by molar-refractivity contribution is 6.06. The van der Waals surface area contributed by atoms with Gasteiger partial charge in [0.2, 0.25) is 0 Å². The van der Waals surface area contributed by atoms with Crippen LogP contribution in [0.2, 0.25) is 0 Å². The van der Waals surface area contributed by atoms with Crippen LogP contribution in [0.25, 0.3) is 0 Å². The SMILES string of the molecule is CCN(C(=O)c1ccnc(NCCN(C)C)c1)c1ccccc1. The molecule has 23 heavy (non-hydrogen) atoms. The van der Waals surface area contributed by atoms with Gasteiger partial charge in [-0.2, -0.15) is 0 Å². The first-order valence-electron chi connectivity index (χ1n) is 7.83. The number of pyridine rings is 1. The lowest BCUT2D eigenvalue weighted by atomic mass is 10.2. The Labute approximate surface area is 137 Å². The zero-order valence-corrected chi connectivity index (χ0v) is 14.0. The Hall–Kier alpha value is -2.40. The van der Waals surface area contributed by atoms with Crippen LogP contribution in [0.1, 0.15) is 17.3 Å². The average Bonchev–Trinajstić information content (AvgIpc) is 2.56. The number of anilines is 2. The van der Waals surface area contributed by atoms with Crippen LogP contribution in [-0.4, -0.2) is 49.5 Å². The molecule has 0 atom stereocenters. The second kappa shape index (κ2) is 8.29. The molecular weight excluding hydrogens is 288 g/mol. The van der Waals surface area contributed by atoms with Gasteiger partial charge >= 0.3 is 0 Å². The number of amides is 1. The van der Waals surface area contributed by atoms with Crippen LogP contribution in [0, 0.1) is 0 Å². The highest BCUT2D eigenvalue weighted by atomic mass is 16.2. The largest absolute Gasteiger partial charge is 0.369 e. The molecule has 0 radical (unpaired) electrons. The first kappa shape index (κ1) is 17.0. The number of carbonyl (C=O) groups excluding carboxylic acids is 1. The van der Waals surface area contributed by atoms with Crippen molar-refractivity contribution in [2.75, 3.05) is 43.9 Å². The molecule has 0 bridgehead atoms. The molecule has 122 valence electrons. The third-order valence-corrected chi connectivity index (χ3v) is 3.50. The van der Waals surface area contributed by atoms with Crippen molar-refractivity contribution < 1.29 is 4.79 Å². The van der Waals surface area contributed by atoms with Gasteiger partial charge in [-0.25, -0.2) is 4.98 Å². The molecule has 5 nitrogen and oxygen atoms in total. The molecule has 5 heteroatoms. The molecule has 1 heterocycles. The Balaban J connectivity index is 2.12. The van der Waals surface area contributed by atoms with Gasteiger partial charge in [0.15, 0.2) is 0 Å². The van der Waals surface area contributed by atoms with Crippen molar-refractivity contribution in [2.45, 2.75) is 6.92 Å². The minimum atomic E-state index is -0.0169. The summed E-state index contributed by atoms with van der Waals surface area (Å²) < 4.78 is 0. The number of nitrogens with one attached hydrogen (secondary N) is 1. The molecule has 1 N–H and O–H groups in total. The lowest BCUT2D eigenvalue weighted by molar-refractivity contribution is 0.0988. The summed E-state index contributed by atoms with van der Waals surface area (Å²) in [5.41, 5.74) is 1.54. The van der Waals surface area contributed by atoms with E-state index in [0.29, 0.717) is 12.1 Å². The number of para-hydroxylation sites is 1. The number of carbonyl (C=O) groups is 1. The Morgan fingerprint density at radius 3 is 2.57 bits per heavy atom. The molecule has 0 aliphatic carbocycles. The fraction of sp³-hybridized carbons (Fsp3) is 0.333. The Morgan fingerprint density at radius 1 is 1.17 bits per heavy atom. The van der Waals surface area contributed by atoms with E-state index >= 15 is 0 Å². The third-order valence-electron chi connectivity index (χ3n) is 3.50. The van der Waals surface area contributed by atoms with E-state index in [2.05, 4.69) is 15.2 Å². The van der Waals surface area contributed by atoms with Gasteiger partial charge < -0.3 is 15.1 Å². The molecule has 0 spiro atoms. The van der Waals surface area contributed by atoms with Gasteiger partial charge in [-0.1, -0.05) is 18.2 Å². The van der Waals surface area contributed by atoms with E-state index in [4.69, 9.17) is 0 Å². The van der Waals surface area contributed by atoms with E-state index in [0.717, 1.165) is 24.6 Å². The molecule has 0 unspecified atom stereocenters. The number of hydrogen-bond acceptors (Lipinski definition) is 4. The van der Waals surface area contributed by atoms with Crippen molar-refractivity contribution in [3.63, 3.8) is 0 Å². The van der Waals surface area contributed by atoms with Gasteiger partial charge in [0.25, 0.3) is 5.91 Å². The van der Waals surface area contributed by atoms with Crippen molar-refractivity contribution in [1.82, 2.24) is 9.88 Å². The van der Waals surface area contributed by atoms with Crippen molar-refractivity contribution in [1.29, 1.82) is 0 Å². The van der Waals surface area contributed by atoms with Crippen molar-refractivity contribution in [3.8, 4) is 0 Å². The Bertz CT molecular complexity index is 628. The molecule has 0 saturated heterocycles. The topological polar surface area (TPSA) is 48.5 Å². The van der Waals surface area contributed by atoms with E-state index < -0.39 is 0 Å². The van der Waals surface area contributed by atoms with Gasteiger partial charge in [0, 0.05) is 37.1 Å². The van der Waals surface area contributed by atoms with E-state index in [1.165, 1.54) is 0 Å². The summed E-state index contributed by atoms with van der Waals surface area (Å²) in [6.07, 6.45) is 1.67. The lowest BCUT2D eigenvalue weighted by Crippen LogP contribution is -2.30. The van der Waals surface area contributed by atoms with E-state index in [1.54, 1.807) is 17.2 Å². The number of hydrogen-bond donors (Lipinski definition) is 1. The van der Waals surface area contributed by atoms with Crippen LogP contribution in [-0.2, 0) is 0 Å². The summed E-state index contributed by atoms with van der Waals surface area (Å²) >= 11 is 0. The quantitative estimate of drug-likeness (QED) is 0.854. The first-order valence-corrected chi connectivity index (χ1v) is 7.83. The summed E-state index contributed by atoms with van der Waals surface area (Å²) in [4.78, 5) is 20.9. The maximum atomic E-state index is 12.8. The predicted molar refractivity (Wildman–Crippen MR) is 95.1 cm³/mol. The van der Waals surface area contributed by atoms with E-state index in [-0.39, 0.29) is 5.91 Å². The fourth-order valence-corrected chi connectivity index (χ4v) is 2.28. The zero-order valence-electron chi connectivity index (χ0n) is 14.0. The summed E-state index contributed by atoms with van der Waals surface area (Å²) in [5, 5.41) is 3.24. The van der Waals surface area contributed by atoms with Crippen LogP contribution < -0.4 is 10.2 Å². The van der Waals surface area contributed by atoms with Crippen molar-refractivity contribution >= 4 is 17.4 Å². The Kier molecular flexibility index (Phi) is 6.11. The normalized spacial score (nSPS) is 10.6. The molecule has 0 aliphatic heterocycles. The maximum Gasteiger partial charge on any atom is 0.258 e. The van der Waals surface area contributed by atoms with E-state index in [9.17, 15) is 4.79 Å². The standard InChI is InChI=1S/C18H24N4O/c1-4-22(16-8-6-5-7-9-16)18(23)15-10-11-19-17(14-15)20-12-13-21(2)3/h5-11,14H,4,12-13H2,1-3H3,(H,19,20). The monoisotopic (exact) mass is 312 g/mol. The molecule has 1 aromatic carbocycles. The highest BCUT2D eigenvalue weighted by Crippen LogP contribution is 2.17. The molecular formula is C18H24N4O. The molecule has 0 fully saturated rings. The molecule has 1 aromatic heterocycles. The second-order valence-corrected chi connectivity index (χ2v) is 5.54. The fourth-order valence-electron chi connectivity index (χ4n) is 2.28. The minimum Gasteiger partial charge on any atom is -0.369 e. The van der Waals surface area contributed by atoms with Crippen molar-refractivity contribution in [2.24, 2.45) is 0 Å². The Morgan fingerprint density at radius 2 is 1.91 bits per heavy atom. The third kappa shape index (κ3) is 4.79.